The van der Waals surface area contributed by atoms with Crippen molar-refractivity contribution < 1.29 is 9.53 Å². The number of anilines is 2. The summed E-state index contributed by atoms with van der Waals surface area (Å²) in [4.78, 5) is 11.9. The summed E-state index contributed by atoms with van der Waals surface area (Å²) in [7, 11) is 0. The van der Waals surface area contributed by atoms with Crippen molar-refractivity contribution in [3.8, 4) is 0 Å². The van der Waals surface area contributed by atoms with E-state index in [9.17, 15) is 4.79 Å². The first-order chi connectivity index (χ1) is 11.8. The fourth-order valence-corrected chi connectivity index (χ4v) is 3.23. The van der Waals surface area contributed by atoms with Crippen LogP contribution >= 0.6 is 11.6 Å². The summed E-state index contributed by atoms with van der Waals surface area (Å²) in [5, 5.41) is 7.08. The van der Waals surface area contributed by atoms with Crippen LogP contribution in [0, 0.1) is 0 Å². The molecule has 2 N–H and O–H groups in total. The highest BCUT2D eigenvalue weighted by atomic mass is 35.5. The first kappa shape index (κ1) is 17.6. The number of benzene rings is 2. The number of hydrogen-bond acceptors (Lipinski definition) is 3. The van der Waals surface area contributed by atoms with Crippen LogP contribution in [0.3, 0.4) is 0 Å². The topological polar surface area (TPSA) is 50.4 Å². The molecular weight excluding hydrogens is 336 g/mol. The maximum absolute atomic E-state index is 11.9. The van der Waals surface area contributed by atoms with Gasteiger partial charge in [-0.1, -0.05) is 23.7 Å². The zero-order valence-corrected chi connectivity index (χ0v) is 15.5. The molecule has 1 aliphatic carbocycles. The summed E-state index contributed by atoms with van der Waals surface area (Å²) in [6.07, 6.45) is 1.46. The number of fused-ring (bicyclic) bond motifs is 1. The van der Waals surface area contributed by atoms with Crippen LogP contribution in [0.5, 0.6) is 0 Å². The largest absolute Gasteiger partial charge is 0.444 e. The molecule has 25 heavy (non-hydrogen) atoms. The molecule has 0 aromatic heterocycles. The second-order valence-corrected chi connectivity index (χ2v) is 7.81. The lowest BCUT2D eigenvalue weighted by molar-refractivity contribution is 0.0636. The Balaban J connectivity index is 1.62. The quantitative estimate of drug-likeness (QED) is 0.786. The highest BCUT2D eigenvalue weighted by molar-refractivity contribution is 6.30. The van der Waals surface area contributed by atoms with E-state index in [1.165, 1.54) is 11.1 Å². The maximum atomic E-state index is 11.9. The van der Waals surface area contributed by atoms with Gasteiger partial charge in [0.1, 0.15) is 5.60 Å². The average Bonchev–Trinajstić information content (AvgIpc) is 2.86. The van der Waals surface area contributed by atoms with Gasteiger partial charge in [0, 0.05) is 22.4 Å². The average molecular weight is 359 g/mol. The zero-order chi connectivity index (χ0) is 18.0. The number of hydrogen-bond donors (Lipinski definition) is 2. The summed E-state index contributed by atoms with van der Waals surface area (Å²) >= 11 is 6.07. The number of nitrogens with one attached hydrogen (secondary N) is 2. The summed E-state index contributed by atoms with van der Waals surface area (Å²) in [6, 6.07) is 14.1. The predicted molar refractivity (Wildman–Crippen MR) is 103 cm³/mol. The molecule has 1 unspecified atom stereocenters. The molecule has 0 fully saturated rings. The van der Waals surface area contributed by atoms with Crippen molar-refractivity contribution in [3.05, 3.63) is 58.6 Å². The van der Waals surface area contributed by atoms with Gasteiger partial charge >= 0.3 is 6.09 Å². The SMILES string of the molecule is CC(C)(C)OC(=O)Nc1cccc(NC2Cc3ccc(Cl)cc3C2)c1. The van der Waals surface area contributed by atoms with Gasteiger partial charge in [-0.25, -0.2) is 4.79 Å². The first-order valence-corrected chi connectivity index (χ1v) is 8.80. The lowest BCUT2D eigenvalue weighted by Crippen LogP contribution is -2.27. The van der Waals surface area contributed by atoms with Gasteiger partial charge in [-0.15, -0.1) is 0 Å². The lowest BCUT2D eigenvalue weighted by atomic mass is 10.1. The minimum absolute atomic E-state index is 0.324. The molecule has 2 aromatic carbocycles. The third-order valence-electron chi connectivity index (χ3n) is 3.98. The Labute approximate surface area is 153 Å². The fraction of sp³-hybridized carbons (Fsp3) is 0.350. The molecular formula is C20H23ClN2O2. The van der Waals surface area contributed by atoms with Crippen LogP contribution in [0.4, 0.5) is 16.2 Å². The van der Waals surface area contributed by atoms with E-state index in [0.717, 1.165) is 23.6 Å². The summed E-state index contributed by atoms with van der Waals surface area (Å²) in [6.45, 7) is 5.53. The minimum Gasteiger partial charge on any atom is -0.444 e. The van der Waals surface area contributed by atoms with Gasteiger partial charge in [0.25, 0.3) is 0 Å². The van der Waals surface area contributed by atoms with Gasteiger partial charge in [0.2, 0.25) is 0 Å². The van der Waals surface area contributed by atoms with Crippen molar-refractivity contribution in [2.75, 3.05) is 10.6 Å². The van der Waals surface area contributed by atoms with Crippen molar-refractivity contribution in [2.24, 2.45) is 0 Å². The fourth-order valence-electron chi connectivity index (χ4n) is 3.03. The smallest absolute Gasteiger partial charge is 0.412 e. The van der Waals surface area contributed by atoms with Crippen molar-refractivity contribution >= 4 is 29.1 Å². The first-order valence-electron chi connectivity index (χ1n) is 8.42. The third kappa shape index (κ3) is 4.89. The Morgan fingerprint density at radius 1 is 1.08 bits per heavy atom. The zero-order valence-electron chi connectivity index (χ0n) is 14.7. The van der Waals surface area contributed by atoms with E-state index in [2.05, 4.69) is 16.7 Å². The molecule has 4 nitrogen and oxygen atoms in total. The molecule has 132 valence electrons. The second kappa shape index (κ2) is 6.96. The normalized spacial score (nSPS) is 16.2. The summed E-state index contributed by atoms with van der Waals surface area (Å²) in [5.74, 6) is 0. The maximum Gasteiger partial charge on any atom is 0.412 e. The van der Waals surface area contributed by atoms with Crippen LogP contribution in [0.1, 0.15) is 31.9 Å². The molecule has 0 spiro atoms. The number of carbonyl (C=O) groups excluding carboxylic acids is 1. The molecule has 0 bridgehead atoms. The van der Waals surface area contributed by atoms with Gasteiger partial charge < -0.3 is 10.1 Å². The van der Waals surface area contributed by atoms with Crippen molar-refractivity contribution in [3.63, 3.8) is 0 Å². The van der Waals surface area contributed by atoms with E-state index < -0.39 is 11.7 Å². The van der Waals surface area contributed by atoms with E-state index in [-0.39, 0.29) is 0 Å². The molecule has 0 radical (unpaired) electrons. The van der Waals surface area contributed by atoms with E-state index in [1.807, 2.05) is 57.2 Å². The molecule has 1 aliphatic rings. The van der Waals surface area contributed by atoms with E-state index in [0.29, 0.717) is 11.7 Å². The van der Waals surface area contributed by atoms with Crippen LogP contribution in [0.15, 0.2) is 42.5 Å². The van der Waals surface area contributed by atoms with Gasteiger partial charge in [0.15, 0.2) is 0 Å². The Morgan fingerprint density at radius 2 is 1.80 bits per heavy atom. The van der Waals surface area contributed by atoms with Gasteiger partial charge in [0.05, 0.1) is 0 Å². The molecule has 1 amide bonds. The third-order valence-corrected chi connectivity index (χ3v) is 4.21. The molecule has 0 heterocycles. The van der Waals surface area contributed by atoms with Crippen LogP contribution in [0.2, 0.25) is 5.02 Å². The van der Waals surface area contributed by atoms with Gasteiger partial charge in [-0.3, -0.25) is 5.32 Å². The van der Waals surface area contributed by atoms with Crippen molar-refractivity contribution in [1.82, 2.24) is 0 Å². The monoisotopic (exact) mass is 358 g/mol. The number of ether oxygens (including phenoxy) is 1. The predicted octanol–water partition coefficient (Wildman–Crippen LogP) is 5.27. The lowest BCUT2D eigenvalue weighted by Gasteiger charge is -2.20. The highest BCUT2D eigenvalue weighted by Crippen LogP contribution is 2.28. The Morgan fingerprint density at radius 3 is 2.56 bits per heavy atom. The molecule has 0 aliphatic heterocycles. The van der Waals surface area contributed by atoms with Crippen LogP contribution < -0.4 is 10.6 Å². The van der Waals surface area contributed by atoms with Crippen molar-refractivity contribution in [1.29, 1.82) is 0 Å². The Hall–Kier alpha value is -2.20. The Bertz CT molecular complexity index is 784. The van der Waals surface area contributed by atoms with E-state index in [1.54, 1.807) is 0 Å². The summed E-state index contributed by atoms with van der Waals surface area (Å²) < 4.78 is 5.29. The number of carbonyl (C=O) groups is 1. The Kier molecular flexibility index (Phi) is 4.91. The molecule has 0 saturated heterocycles. The molecule has 5 heteroatoms. The number of halogens is 1. The van der Waals surface area contributed by atoms with E-state index >= 15 is 0 Å². The van der Waals surface area contributed by atoms with Gasteiger partial charge in [-0.2, -0.15) is 0 Å². The molecule has 0 saturated carbocycles. The molecule has 1 atom stereocenters. The molecule has 3 rings (SSSR count). The van der Waals surface area contributed by atoms with E-state index in [4.69, 9.17) is 16.3 Å². The minimum atomic E-state index is -0.517. The molecule has 2 aromatic rings. The van der Waals surface area contributed by atoms with Crippen LogP contribution in [0.25, 0.3) is 0 Å². The summed E-state index contributed by atoms with van der Waals surface area (Å²) in [5.41, 5.74) is 3.80. The highest BCUT2D eigenvalue weighted by Gasteiger charge is 2.21. The number of rotatable bonds is 3. The van der Waals surface area contributed by atoms with Crippen LogP contribution in [-0.2, 0) is 17.6 Å². The second-order valence-electron chi connectivity index (χ2n) is 7.37. The van der Waals surface area contributed by atoms with Crippen LogP contribution in [-0.4, -0.2) is 17.7 Å². The van der Waals surface area contributed by atoms with Gasteiger partial charge in [-0.05, 0) is 75.1 Å². The van der Waals surface area contributed by atoms with Crippen molar-refractivity contribution in [2.45, 2.75) is 45.3 Å². The standard InChI is InChI=1S/C20H23ClN2O2/c1-20(2,3)25-19(24)23-17-6-4-5-16(12-17)22-18-10-13-7-8-15(21)9-14(13)11-18/h4-9,12,18,22H,10-11H2,1-3H3,(H,23,24). The number of amides is 1.